The molecule has 5 nitrogen and oxygen atoms in total. The van der Waals surface area contributed by atoms with Gasteiger partial charge in [0.1, 0.15) is 17.3 Å². The molecule has 0 saturated carbocycles. The van der Waals surface area contributed by atoms with E-state index in [-0.39, 0.29) is 11.5 Å². The second-order valence-electron chi connectivity index (χ2n) is 7.49. The van der Waals surface area contributed by atoms with Crippen molar-refractivity contribution in [2.45, 2.75) is 33.1 Å². The Morgan fingerprint density at radius 2 is 1.97 bits per heavy atom. The Kier molecular flexibility index (Phi) is 6.25. The summed E-state index contributed by atoms with van der Waals surface area (Å²) in [5.41, 5.74) is 2.58. The lowest BCUT2D eigenvalue weighted by Gasteiger charge is -2.13. The Bertz CT molecular complexity index is 1350. The first-order valence-corrected chi connectivity index (χ1v) is 11.6. The van der Waals surface area contributed by atoms with Crippen LogP contribution < -0.4 is 5.56 Å². The minimum Gasteiger partial charge on any atom is -0.455 e. The van der Waals surface area contributed by atoms with Crippen LogP contribution in [-0.4, -0.2) is 15.9 Å². The largest absolute Gasteiger partial charge is 0.455 e. The number of hydrogen-bond acceptors (Lipinski definition) is 4. The van der Waals surface area contributed by atoms with Gasteiger partial charge in [0, 0.05) is 20.4 Å². The molecule has 2 aromatic heterocycles. The quantitative estimate of drug-likeness (QED) is 0.258. The van der Waals surface area contributed by atoms with Crippen molar-refractivity contribution in [2.75, 3.05) is 0 Å². The zero-order valence-corrected chi connectivity index (χ0v) is 20.6. The Labute approximate surface area is 197 Å². The van der Waals surface area contributed by atoms with Gasteiger partial charge in [0.2, 0.25) is 0 Å². The van der Waals surface area contributed by atoms with E-state index in [0.717, 1.165) is 32.3 Å². The van der Waals surface area contributed by atoms with Gasteiger partial charge in [0.25, 0.3) is 5.56 Å². The molecule has 0 aliphatic heterocycles. The number of nitrogens with zero attached hydrogens (tertiary/aromatic N) is 3. The molecule has 158 valence electrons. The summed E-state index contributed by atoms with van der Waals surface area (Å²) >= 11 is 7.02. The van der Waals surface area contributed by atoms with Crippen molar-refractivity contribution in [1.29, 1.82) is 0 Å². The van der Waals surface area contributed by atoms with Crippen molar-refractivity contribution in [1.82, 2.24) is 9.66 Å². The van der Waals surface area contributed by atoms with Crippen LogP contribution >= 0.6 is 31.9 Å². The molecule has 7 heteroatoms. The summed E-state index contributed by atoms with van der Waals surface area (Å²) < 4.78 is 9.13. The minimum absolute atomic E-state index is 0.0774. The molecule has 0 saturated heterocycles. The number of halogens is 2. The lowest BCUT2D eigenvalue weighted by Crippen LogP contribution is -2.23. The summed E-state index contributed by atoms with van der Waals surface area (Å²) in [5, 5.41) is 4.98. The van der Waals surface area contributed by atoms with E-state index in [9.17, 15) is 4.79 Å². The standard InChI is InChI=1S/C24H21Br2N3O2/c1-4-15(3)23-28-21-9-6-16(25)12-19(21)24(30)29(23)27-13-17-7-10-22(31-17)18-8-5-14(2)11-20(18)26/h5-13,15H,4H2,1-3H3/t15-/m1/s1. The normalized spacial score (nSPS) is 12.7. The summed E-state index contributed by atoms with van der Waals surface area (Å²) in [5.74, 6) is 1.99. The van der Waals surface area contributed by atoms with Crippen LogP contribution in [-0.2, 0) is 0 Å². The topological polar surface area (TPSA) is 60.4 Å². The molecule has 2 heterocycles. The molecular weight excluding hydrogens is 522 g/mol. The van der Waals surface area contributed by atoms with Crippen molar-refractivity contribution >= 4 is 49.0 Å². The third-order valence-corrected chi connectivity index (χ3v) is 6.35. The Balaban J connectivity index is 1.76. The van der Waals surface area contributed by atoms with E-state index in [1.165, 1.54) is 4.68 Å². The first-order chi connectivity index (χ1) is 14.9. The van der Waals surface area contributed by atoms with Gasteiger partial charge in [-0.3, -0.25) is 4.79 Å². The summed E-state index contributed by atoms with van der Waals surface area (Å²) in [6.07, 6.45) is 2.40. The minimum atomic E-state index is -0.203. The summed E-state index contributed by atoms with van der Waals surface area (Å²) in [7, 11) is 0. The van der Waals surface area contributed by atoms with E-state index in [1.54, 1.807) is 12.3 Å². The highest BCUT2D eigenvalue weighted by molar-refractivity contribution is 9.10. The predicted octanol–water partition coefficient (Wildman–Crippen LogP) is 6.89. The average Bonchev–Trinajstić information content (AvgIpc) is 3.21. The molecule has 0 amide bonds. The van der Waals surface area contributed by atoms with Crippen molar-refractivity contribution in [3.8, 4) is 11.3 Å². The predicted molar refractivity (Wildman–Crippen MR) is 132 cm³/mol. The molecule has 4 rings (SSSR count). The van der Waals surface area contributed by atoms with Crippen molar-refractivity contribution < 1.29 is 4.42 Å². The smallest absolute Gasteiger partial charge is 0.282 e. The average molecular weight is 543 g/mol. The second-order valence-corrected chi connectivity index (χ2v) is 9.26. The molecule has 0 N–H and O–H groups in total. The molecular formula is C24H21Br2N3O2. The van der Waals surface area contributed by atoms with Gasteiger partial charge in [-0.2, -0.15) is 9.78 Å². The van der Waals surface area contributed by atoms with Crippen molar-refractivity contribution in [3.05, 3.63) is 85.0 Å². The zero-order chi connectivity index (χ0) is 22.1. The van der Waals surface area contributed by atoms with Crippen LogP contribution in [0.4, 0.5) is 0 Å². The molecule has 0 radical (unpaired) electrons. The van der Waals surface area contributed by atoms with E-state index in [0.29, 0.717) is 22.5 Å². The lowest BCUT2D eigenvalue weighted by molar-refractivity contribution is 0.571. The van der Waals surface area contributed by atoms with Crippen LogP contribution in [0.1, 0.15) is 43.3 Å². The van der Waals surface area contributed by atoms with Gasteiger partial charge in [-0.05, 0) is 61.4 Å². The van der Waals surface area contributed by atoms with Gasteiger partial charge in [-0.25, -0.2) is 4.98 Å². The van der Waals surface area contributed by atoms with E-state index in [2.05, 4.69) is 43.9 Å². The van der Waals surface area contributed by atoms with Gasteiger partial charge < -0.3 is 4.42 Å². The highest BCUT2D eigenvalue weighted by Gasteiger charge is 2.16. The molecule has 0 fully saturated rings. The van der Waals surface area contributed by atoms with Gasteiger partial charge in [-0.15, -0.1) is 0 Å². The SMILES string of the molecule is CC[C@@H](C)c1nc2ccc(Br)cc2c(=O)n1N=Cc1ccc(-c2ccc(C)cc2Br)o1. The monoisotopic (exact) mass is 541 g/mol. The number of benzene rings is 2. The maximum absolute atomic E-state index is 13.2. The molecule has 1 atom stereocenters. The summed E-state index contributed by atoms with van der Waals surface area (Å²) in [6, 6.07) is 15.3. The van der Waals surface area contributed by atoms with Crippen LogP contribution in [0.15, 0.2) is 71.8 Å². The number of aryl methyl sites for hydroxylation is 1. The first kappa shape index (κ1) is 21.7. The van der Waals surface area contributed by atoms with Crippen LogP contribution in [0.2, 0.25) is 0 Å². The number of fused-ring (bicyclic) bond motifs is 1. The fourth-order valence-corrected chi connectivity index (χ4v) is 4.33. The second kappa shape index (κ2) is 8.93. The molecule has 0 unspecified atom stereocenters. The van der Waals surface area contributed by atoms with E-state index < -0.39 is 0 Å². The highest BCUT2D eigenvalue weighted by atomic mass is 79.9. The van der Waals surface area contributed by atoms with Crippen molar-refractivity contribution in [3.63, 3.8) is 0 Å². The Morgan fingerprint density at radius 1 is 1.16 bits per heavy atom. The zero-order valence-electron chi connectivity index (χ0n) is 17.4. The molecule has 0 bridgehead atoms. The van der Waals surface area contributed by atoms with Crippen molar-refractivity contribution in [2.24, 2.45) is 5.10 Å². The first-order valence-electron chi connectivity index (χ1n) is 10.00. The van der Waals surface area contributed by atoms with Crippen LogP contribution in [0.25, 0.3) is 22.2 Å². The van der Waals surface area contributed by atoms with Gasteiger partial charge in [0.15, 0.2) is 0 Å². The van der Waals surface area contributed by atoms with Crippen LogP contribution in [0, 0.1) is 6.92 Å². The maximum Gasteiger partial charge on any atom is 0.282 e. The molecule has 4 aromatic rings. The fraction of sp³-hybridized carbons (Fsp3) is 0.208. The summed E-state index contributed by atoms with van der Waals surface area (Å²) in [6.45, 7) is 6.14. The van der Waals surface area contributed by atoms with Gasteiger partial charge in [-0.1, -0.05) is 51.8 Å². The Morgan fingerprint density at radius 3 is 2.71 bits per heavy atom. The molecule has 31 heavy (non-hydrogen) atoms. The molecule has 0 aliphatic rings. The maximum atomic E-state index is 13.2. The number of hydrogen-bond donors (Lipinski definition) is 0. The van der Waals surface area contributed by atoms with Gasteiger partial charge in [0.05, 0.1) is 17.1 Å². The Hall–Kier alpha value is -2.51. The lowest BCUT2D eigenvalue weighted by atomic mass is 10.1. The van der Waals surface area contributed by atoms with Crippen LogP contribution in [0.3, 0.4) is 0 Å². The highest BCUT2D eigenvalue weighted by Crippen LogP contribution is 2.30. The molecule has 0 aliphatic carbocycles. The number of rotatable bonds is 5. The number of furan rings is 1. The van der Waals surface area contributed by atoms with Crippen LogP contribution in [0.5, 0.6) is 0 Å². The fourth-order valence-electron chi connectivity index (χ4n) is 3.28. The van der Waals surface area contributed by atoms with E-state index >= 15 is 0 Å². The molecule has 0 spiro atoms. The number of aromatic nitrogens is 2. The third-order valence-electron chi connectivity index (χ3n) is 5.20. The van der Waals surface area contributed by atoms with Gasteiger partial charge >= 0.3 is 0 Å². The molecule has 2 aromatic carbocycles. The third kappa shape index (κ3) is 4.43. The van der Waals surface area contributed by atoms with E-state index in [1.807, 2.05) is 56.3 Å². The van der Waals surface area contributed by atoms with E-state index in [4.69, 9.17) is 9.40 Å². The summed E-state index contributed by atoms with van der Waals surface area (Å²) in [4.78, 5) is 17.9.